The van der Waals surface area contributed by atoms with Crippen LogP contribution < -0.4 is 15.8 Å². The predicted molar refractivity (Wildman–Crippen MR) is 97.4 cm³/mol. The second-order valence-corrected chi connectivity index (χ2v) is 6.03. The second-order valence-electron chi connectivity index (χ2n) is 5.62. The minimum absolute atomic E-state index is 0.00221. The fourth-order valence-corrected chi connectivity index (χ4v) is 2.44. The Bertz CT molecular complexity index is 979. The fraction of sp³-hybridized carbons (Fsp3) is 0.111. The molecular formula is C18H14ClF3N4O. The summed E-state index contributed by atoms with van der Waals surface area (Å²) in [5, 5.41) is 3.17. The Morgan fingerprint density at radius 2 is 1.85 bits per heavy atom. The van der Waals surface area contributed by atoms with E-state index in [-0.39, 0.29) is 23.1 Å². The lowest BCUT2D eigenvalue weighted by Gasteiger charge is -2.16. The Morgan fingerprint density at radius 3 is 2.56 bits per heavy atom. The molecule has 0 unspecified atom stereocenters. The lowest BCUT2D eigenvalue weighted by atomic mass is 10.1. The van der Waals surface area contributed by atoms with Crippen LogP contribution in [-0.4, -0.2) is 9.97 Å². The third kappa shape index (κ3) is 4.22. The largest absolute Gasteiger partial charge is 0.437 e. The molecule has 0 aliphatic rings. The average molecular weight is 395 g/mol. The number of nitrogen functional groups attached to an aromatic ring is 1. The van der Waals surface area contributed by atoms with Gasteiger partial charge in [0.05, 0.1) is 11.3 Å². The van der Waals surface area contributed by atoms with Gasteiger partial charge in [-0.15, -0.1) is 0 Å². The lowest BCUT2D eigenvalue weighted by Crippen LogP contribution is -2.10. The number of rotatable bonds is 4. The number of halogens is 4. The number of benzene rings is 2. The Morgan fingerprint density at radius 1 is 1.11 bits per heavy atom. The highest BCUT2D eigenvalue weighted by molar-refractivity contribution is 6.31. The summed E-state index contributed by atoms with van der Waals surface area (Å²) in [7, 11) is 0. The summed E-state index contributed by atoms with van der Waals surface area (Å²) in [6.07, 6.45) is -3.38. The number of anilines is 3. The smallest absolute Gasteiger partial charge is 0.418 e. The van der Waals surface area contributed by atoms with Gasteiger partial charge >= 0.3 is 6.18 Å². The number of nitrogens with two attached hydrogens (primary N) is 1. The van der Waals surface area contributed by atoms with Crippen LogP contribution in [0.25, 0.3) is 0 Å². The van der Waals surface area contributed by atoms with Crippen molar-refractivity contribution in [1.82, 2.24) is 9.97 Å². The first-order chi connectivity index (χ1) is 12.8. The molecule has 2 aromatic carbocycles. The standard InChI is InChI=1S/C18H14ClF3N4O/c1-10-8-11(6-7-13(10)19)27-17-15(23)16(24-9-25-17)26-14-5-3-2-4-12(14)18(20,21)22/h2-9H,23H2,1H3,(H,24,25,26). The first-order valence-electron chi connectivity index (χ1n) is 7.73. The van der Waals surface area contributed by atoms with Crippen LogP contribution in [0.2, 0.25) is 5.02 Å². The third-order valence-corrected chi connectivity index (χ3v) is 4.10. The van der Waals surface area contributed by atoms with E-state index in [4.69, 9.17) is 22.1 Å². The average Bonchev–Trinajstić information content (AvgIpc) is 2.61. The van der Waals surface area contributed by atoms with Gasteiger partial charge in [-0.1, -0.05) is 23.7 Å². The molecule has 0 radical (unpaired) electrons. The van der Waals surface area contributed by atoms with Crippen LogP contribution >= 0.6 is 11.6 Å². The van der Waals surface area contributed by atoms with Crippen LogP contribution in [-0.2, 0) is 6.18 Å². The summed E-state index contributed by atoms with van der Waals surface area (Å²) in [6.45, 7) is 1.81. The quantitative estimate of drug-likeness (QED) is 0.604. The van der Waals surface area contributed by atoms with E-state index in [9.17, 15) is 13.2 Å². The van der Waals surface area contributed by atoms with Gasteiger partial charge in [-0.2, -0.15) is 18.2 Å². The number of ether oxygens (including phenoxy) is 1. The van der Waals surface area contributed by atoms with Crippen molar-refractivity contribution in [3.05, 3.63) is 64.9 Å². The van der Waals surface area contributed by atoms with E-state index in [1.54, 1.807) is 25.1 Å². The van der Waals surface area contributed by atoms with Crippen molar-refractivity contribution in [2.45, 2.75) is 13.1 Å². The molecule has 3 aromatic rings. The zero-order valence-corrected chi connectivity index (χ0v) is 14.8. The number of hydrogen-bond donors (Lipinski definition) is 2. The van der Waals surface area contributed by atoms with E-state index < -0.39 is 11.7 Å². The molecule has 140 valence electrons. The maximum absolute atomic E-state index is 13.1. The van der Waals surface area contributed by atoms with E-state index in [0.717, 1.165) is 18.0 Å². The van der Waals surface area contributed by atoms with Gasteiger partial charge in [-0.25, -0.2) is 4.98 Å². The SMILES string of the molecule is Cc1cc(Oc2ncnc(Nc3ccccc3C(F)(F)F)c2N)ccc1Cl. The first-order valence-corrected chi connectivity index (χ1v) is 8.11. The number of para-hydroxylation sites is 1. The van der Waals surface area contributed by atoms with Crippen molar-refractivity contribution in [3.8, 4) is 11.6 Å². The maximum atomic E-state index is 13.1. The summed E-state index contributed by atoms with van der Waals surface area (Å²) < 4.78 is 45.1. The summed E-state index contributed by atoms with van der Waals surface area (Å²) in [6, 6.07) is 10.00. The van der Waals surface area contributed by atoms with Gasteiger partial charge in [-0.3, -0.25) is 0 Å². The molecule has 3 N–H and O–H groups in total. The Hall–Kier alpha value is -3.00. The highest BCUT2D eigenvalue weighted by atomic mass is 35.5. The van der Waals surface area contributed by atoms with Gasteiger partial charge in [-0.05, 0) is 42.8 Å². The predicted octanol–water partition coefficient (Wildman–Crippen LogP) is 5.58. The summed E-state index contributed by atoms with van der Waals surface area (Å²) >= 11 is 5.97. The Labute approximate surface area is 158 Å². The van der Waals surface area contributed by atoms with Gasteiger partial charge in [0.1, 0.15) is 17.8 Å². The number of nitrogens with zero attached hydrogens (tertiary/aromatic N) is 2. The Kier molecular flexibility index (Phi) is 5.09. The van der Waals surface area contributed by atoms with Gasteiger partial charge in [0.25, 0.3) is 0 Å². The lowest BCUT2D eigenvalue weighted by molar-refractivity contribution is -0.136. The van der Waals surface area contributed by atoms with Crippen molar-refractivity contribution >= 4 is 28.8 Å². The number of aromatic nitrogens is 2. The normalized spacial score (nSPS) is 11.3. The van der Waals surface area contributed by atoms with Crippen LogP contribution in [0.15, 0.2) is 48.8 Å². The zero-order chi connectivity index (χ0) is 19.6. The number of aryl methyl sites for hydroxylation is 1. The molecule has 0 saturated heterocycles. The first kappa shape index (κ1) is 18.8. The molecule has 0 bridgehead atoms. The molecule has 5 nitrogen and oxygen atoms in total. The third-order valence-electron chi connectivity index (χ3n) is 3.68. The van der Waals surface area contributed by atoms with Crippen LogP contribution in [0.4, 0.5) is 30.4 Å². The highest BCUT2D eigenvalue weighted by Gasteiger charge is 2.33. The van der Waals surface area contributed by atoms with Crippen molar-refractivity contribution in [1.29, 1.82) is 0 Å². The zero-order valence-electron chi connectivity index (χ0n) is 14.0. The van der Waals surface area contributed by atoms with E-state index in [1.165, 1.54) is 18.2 Å². The van der Waals surface area contributed by atoms with Gasteiger partial charge in [0.15, 0.2) is 5.82 Å². The number of hydrogen-bond acceptors (Lipinski definition) is 5. The van der Waals surface area contributed by atoms with Gasteiger partial charge in [0, 0.05) is 5.02 Å². The van der Waals surface area contributed by atoms with Crippen molar-refractivity contribution in [3.63, 3.8) is 0 Å². The molecular weight excluding hydrogens is 381 g/mol. The molecule has 0 aliphatic heterocycles. The Balaban J connectivity index is 1.91. The monoisotopic (exact) mass is 394 g/mol. The van der Waals surface area contributed by atoms with Crippen LogP contribution in [0.3, 0.4) is 0 Å². The van der Waals surface area contributed by atoms with Crippen molar-refractivity contribution in [2.75, 3.05) is 11.1 Å². The number of alkyl halides is 3. The minimum atomic E-state index is -4.52. The molecule has 0 atom stereocenters. The highest BCUT2D eigenvalue weighted by Crippen LogP contribution is 2.37. The van der Waals surface area contributed by atoms with E-state index in [2.05, 4.69) is 15.3 Å². The van der Waals surface area contributed by atoms with Crippen LogP contribution in [0.5, 0.6) is 11.6 Å². The molecule has 1 heterocycles. The van der Waals surface area contributed by atoms with Gasteiger partial charge in [0.2, 0.25) is 5.88 Å². The summed E-state index contributed by atoms with van der Waals surface area (Å²) in [5.41, 5.74) is 5.74. The topological polar surface area (TPSA) is 73.1 Å². The number of nitrogens with one attached hydrogen (secondary N) is 1. The molecule has 27 heavy (non-hydrogen) atoms. The van der Waals surface area contributed by atoms with E-state index in [0.29, 0.717) is 10.8 Å². The van der Waals surface area contributed by atoms with Crippen molar-refractivity contribution in [2.24, 2.45) is 0 Å². The van der Waals surface area contributed by atoms with Gasteiger partial charge < -0.3 is 15.8 Å². The second kappa shape index (κ2) is 7.32. The summed E-state index contributed by atoms with van der Waals surface area (Å²) in [5.74, 6) is 0.449. The molecule has 0 saturated carbocycles. The van der Waals surface area contributed by atoms with Crippen LogP contribution in [0, 0.1) is 6.92 Å². The molecule has 9 heteroatoms. The van der Waals surface area contributed by atoms with Crippen LogP contribution in [0.1, 0.15) is 11.1 Å². The molecule has 3 rings (SSSR count). The fourth-order valence-electron chi connectivity index (χ4n) is 2.32. The van der Waals surface area contributed by atoms with E-state index in [1.807, 2.05) is 0 Å². The molecule has 1 aromatic heterocycles. The molecule has 0 amide bonds. The molecule has 0 spiro atoms. The van der Waals surface area contributed by atoms with E-state index >= 15 is 0 Å². The molecule has 0 fully saturated rings. The minimum Gasteiger partial charge on any atom is -0.437 e. The maximum Gasteiger partial charge on any atom is 0.418 e. The molecule has 0 aliphatic carbocycles. The summed E-state index contributed by atoms with van der Waals surface area (Å²) in [4.78, 5) is 7.86. The van der Waals surface area contributed by atoms with Crippen molar-refractivity contribution < 1.29 is 17.9 Å².